The SMILES string of the molecule is Cc1ccc(Br)cc1CNC(=O)c1cc(CN)ccn1. The maximum atomic E-state index is 12.1. The Morgan fingerprint density at radius 1 is 1.35 bits per heavy atom. The minimum Gasteiger partial charge on any atom is -0.347 e. The third-order valence-electron chi connectivity index (χ3n) is 3.04. The van der Waals surface area contributed by atoms with Gasteiger partial charge in [0, 0.05) is 23.8 Å². The molecule has 20 heavy (non-hydrogen) atoms. The topological polar surface area (TPSA) is 68.0 Å². The van der Waals surface area contributed by atoms with Crippen LogP contribution in [0, 0.1) is 6.92 Å². The molecule has 0 aliphatic rings. The summed E-state index contributed by atoms with van der Waals surface area (Å²) in [5.41, 5.74) is 9.05. The molecule has 0 aliphatic carbocycles. The summed E-state index contributed by atoms with van der Waals surface area (Å²) in [4.78, 5) is 16.1. The summed E-state index contributed by atoms with van der Waals surface area (Å²) in [6, 6.07) is 9.50. The molecule has 2 rings (SSSR count). The van der Waals surface area contributed by atoms with E-state index < -0.39 is 0 Å². The van der Waals surface area contributed by atoms with E-state index in [2.05, 4.69) is 26.2 Å². The lowest BCUT2D eigenvalue weighted by atomic mass is 10.1. The van der Waals surface area contributed by atoms with Gasteiger partial charge in [0.1, 0.15) is 5.69 Å². The van der Waals surface area contributed by atoms with Gasteiger partial charge in [-0.3, -0.25) is 9.78 Å². The number of rotatable bonds is 4. The first-order valence-corrected chi connectivity index (χ1v) is 7.07. The number of nitrogens with zero attached hydrogens (tertiary/aromatic N) is 1. The van der Waals surface area contributed by atoms with E-state index in [0.29, 0.717) is 18.8 Å². The molecule has 0 atom stereocenters. The van der Waals surface area contributed by atoms with Crippen molar-refractivity contribution in [1.82, 2.24) is 10.3 Å². The minimum atomic E-state index is -0.195. The Morgan fingerprint density at radius 3 is 2.90 bits per heavy atom. The van der Waals surface area contributed by atoms with E-state index in [0.717, 1.165) is 21.2 Å². The van der Waals surface area contributed by atoms with Gasteiger partial charge >= 0.3 is 0 Å². The van der Waals surface area contributed by atoms with Crippen LogP contribution >= 0.6 is 15.9 Å². The van der Waals surface area contributed by atoms with Crippen LogP contribution < -0.4 is 11.1 Å². The van der Waals surface area contributed by atoms with Crippen molar-refractivity contribution in [2.75, 3.05) is 0 Å². The Kier molecular flexibility index (Phi) is 4.87. The number of aryl methyl sites for hydroxylation is 1. The number of carbonyl (C=O) groups excluding carboxylic acids is 1. The second-order valence-electron chi connectivity index (χ2n) is 4.51. The fourth-order valence-corrected chi connectivity index (χ4v) is 2.23. The monoisotopic (exact) mass is 333 g/mol. The standard InChI is InChI=1S/C15H16BrN3O/c1-10-2-3-13(16)7-12(10)9-19-15(20)14-6-11(8-17)4-5-18-14/h2-7H,8-9,17H2,1H3,(H,19,20). The lowest BCUT2D eigenvalue weighted by Gasteiger charge is -2.09. The first kappa shape index (κ1) is 14.7. The molecule has 0 bridgehead atoms. The van der Waals surface area contributed by atoms with Crippen LogP contribution in [0.2, 0.25) is 0 Å². The minimum absolute atomic E-state index is 0.195. The molecule has 0 spiro atoms. The molecule has 3 N–H and O–H groups in total. The Hall–Kier alpha value is -1.72. The molecule has 5 heteroatoms. The maximum Gasteiger partial charge on any atom is 0.270 e. The number of nitrogens with two attached hydrogens (primary N) is 1. The first-order chi connectivity index (χ1) is 9.60. The van der Waals surface area contributed by atoms with E-state index in [9.17, 15) is 4.79 Å². The largest absolute Gasteiger partial charge is 0.347 e. The maximum absolute atomic E-state index is 12.1. The molecule has 4 nitrogen and oxygen atoms in total. The van der Waals surface area contributed by atoms with E-state index in [-0.39, 0.29) is 5.91 Å². The predicted molar refractivity (Wildman–Crippen MR) is 82.2 cm³/mol. The van der Waals surface area contributed by atoms with Crippen molar-refractivity contribution in [2.45, 2.75) is 20.0 Å². The molecule has 1 aromatic heterocycles. The molecule has 0 saturated heterocycles. The fourth-order valence-electron chi connectivity index (χ4n) is 1.82. The van der Waals surface area contributed by atoms with Gasteiger partial charge in [0.15, 0.2) is 0 Å². The lowest BCUT2D eigenvalue weighted by Crippen LogP contribution is -2.24. The Bertz CT molecular complexity index is 628. The quantitative estimate of drug-likeness (QED) is 0.903. The van der Waals surface area contributed by atoms with Gasteiger partial charge in [-0.2, -0.15) is 0 Å². The van der Waals surface area contributed by atoms with E-state index in [1.165, 1.54) is 0 Å². The fraction of sp³-hybridized carbons (Fsp3) is 0.200. The summed E-state index contributed by atoms with van der Waals surface area (Å²) >= 11 is 3.43. The number of hydrogen-bond acceptors (Lipinski definition) is 3. The number of benzene rings is 1. The van der Waals surface area contributed by atoms with Crippen molar-refractivity contribution in [3.63, 3.8) is 0 Å². The van der Waals surface area contributed by atoms with Crippen LogP contribution in [0.5, 0.6) is 0 Å². The van der Waals surface area contributed by atoms with Crippen molar-refractivity contribution in [3.8, 4) is 0 Å². The number of halogens is 1. The molecular formula is C15H16BrN3O. The zero-order chi connectivity index (χ0) is 14.5. The number of pyridine rings is 1. The molecule has 104 valence electrons. The summed E-state index contributed by atoms with van der Waals surface area (Å²) in [7, 11) is 0. The van der Waals surface area contributed by atoms with Crippen molar-refractivity contribution in [1.29, 1.82) is 0 Å². The van der Waals surface area contributed by atoms with Crippen molar-refractivity contribution in [3.05, 3.63) is 63.4 Å². The van der Waals surface area contributed by atoms with E-state index in [1.807, 2.05) is 25.1 Å². The highest BCUT2D eigenvalue weighted by molar-refractivity contribution is 9.10. The van der Waals surface area contributed by atoms with E-state index in [4.69, 9.17) is 5.73 Å². The number of nitrogens with one attached hydrogen (secondary N) is 1. The molecule has 0 aliphatic heterocycles. The number of hydrogen-bond donors (Lipinski definition) is 2. The highest BCUT2D eigenvalue weighted by atomic mass is 79.9. The third kappa shape index (κ3) is 3.65. The van der Waals surface area contributed by atoms with Crippen LogP contribution in [-0.2, 0) is 13.1 Å². The normalized spacial score (nSPS) is 10.3. The van der Waals surface area contributed by atoms with Gasteiger partial charge < -0.3 is 11.1 Å². The molecule has 0 unspecified atom stereocenters. The van der Waals surface area contributed by atoms with Gasteiger partial charge in [-0.15, -0.1) is 0 Å². The number of carbonyl (C=O) groups is 1. The molecule has 2 aromatic rings. The van der Waals surface area contributed by atoms with Gasteiger partial charge in [-0.25, -0.2) is 0 Å². The number of amides is 1. The van der Waals surface area contributed by atoms with Crippen LogP contribution in [0.1, 0.15) is 27.2 Å². The summed E-state index contributed by atoms with van der Waals surface area (Å²) in [5, 5.41) is 2.87. The highest BCUT2D eigenvalue weighted by Gasteiger charge is 2.08. The second-order valence-corrected chi connectivity index (χ2v) is 5.42. The van der Waals surface area contributed by atoms with Crippen LogP contribution in [0.3, 0.4) is 0 Å². The lowest BCUT2D eigenvalue weighted by molar-refractivity contribution is 0.0946. The summed E-state index contributed by atoms with van der Waals surface area (Å²) in [6.45, 7) is 2.88. The van der Waals surface area contributed by atoms with Crippen LogP contribution in [-0.4, -0.2) is 10.9 Å². The van der Waals surface area contributed by atoms with Gasteiger partial charge in [0.2, 0.25) is 0 Å². The van der Waals surface area contributed by atoms with Gasteiger partial charge in [0.25, 0.3) is 5.91 Å². The Morgan fingerprint density at radius 2 is 2.15 bits per heavy atom. The van der Waals surface area contributed by atoms with Crippen molar-refractivity contribution >= 4 is 21.8 Å². The summed E-state index contributed by atoms with van der Waals surface area (Å²) in [5.74, 6) is -0.195. The van der Waals surface area contributed by atoms with Gasteiger partial charge in [-0.1, -0.05) is 22.0 Å². The first-order valence-electron chi connectivity index (χ1n) is 6.28. The second kappa shape index (κ2) is 6.63. The van der Waals surface area contributed by atoms with Gasteiger partial charge in [-0.05, 0) is 47.9 Å². The molecule has 1 heterocycles. The average molecular weight is 334 g/mol. The average Bonchev–Trinajstić information content (AvgIpc) is 2.48. The number of aromatic nitrogens is 1. The van der Waals surface area contributed by atoms with E-state index >= 15 is 0 Å². The molecule has 1 amide bonds. The highest BCUT2D eigenvalue weighted by Crippen LogP contribution is 2.16. The predicted octanol–water partition coefficient (Wildman–Crippen LogP) is 2.54. The van der Waals surface area contributed by atoms with Crippen molar-refractivity contribution in [2.24, 2.45) is 5.73 Å². The van der Waals surface area contributed by atoms with Crippen LogP contribution in [0.4, 0.5) is 0 Å². The van der Waals surface area contributed by atoms with Crippen LogP contribution in [0.15, 0.2) is 41.0 Å². The molecule has 0 radical (unpaired) electrons. The van der Waals surface area contributed by atoms with Gasteiger partial charge in [0.05, 0.1) is 0 Å². The smallest absolute Gasteiger partial charge is 0.270 e. The van der Waals surface area contributed by atoms with Crippen LogP contribution in [0.25, 0.3) is 0 Å². The Balaban J connectivity index is 2.06. The van der Waals surface area contributed by atoms with E-state index in [1.54, 1.807) is 18.3 Å². The molecule has 0 saturated carbocycles. The zero-order valence-electron chi connectivity index (χ0n) is 11.2. The summed E-state index contributed by atoms with van der Waals surface area (Å²) < 4.78 is 0.996. The third-order valence-corrected chi connectivity index (χ3v) is 3.54. The molecular weight excluding hydrogens is 318 g/mol. The summed E-state index contributed by atoms with van der Waals surface area (Å²) in [6.07, 6.45) is 1.60. The Labute approximate surface area is 126 Å². The molecule has 1 aromatic carbocycles. The van der Waals surface area contributed by atoms with Crippen molar-refractivity contribution < 1.29 is 4.79 Å². The molecule has 0 fully saturated rings. The zero-order valence-corrected chi connectivity index (χ0v) is 12.8.